The summed E-state index contributed by atoms with van der Waals surface area (Å²) in [6, 6.07) is 3.72. The van der Waals surface area contributed by atoms with Crippen molar-refractivity contribution in [1.82, 2.24) is 9.47 Å². The number of amides is 1. The Morgan fingerprint density at radius 2 is 2.20 bits per heavy atom. The minimum Gasteiger partial charge on any atom is -0.481 e. The van der Waals surface area contributed by atoms with E-state index in [2.05, 4.69) is 6.92 Å². The lowest BCUT2D eigenvalue weighted by atomic mass is 9.89. The van der Waals surface area contributed by atoms with Crippen molar-refractivity contribution in [3.05, 3.63) is 24.0 Å². The highest BCUT2D eigenvalue weighted by atomic mass is 16.4. The van der Waals surface area contributed by atoms with E-state index in [1.54, 1.807) is 0 Å². The van der Waals surface area contributed by atoms with E-state index in [1.807, 2.05) is 27.8 Å². The van der Waals surface area contributed by atoms with Gasteiger partial charge in [0.05, 0.1) is 5.92 Å². The van der Waals surface area contributed by atoms with Crippen molar-refractivity contribution in [2.24, 2.45) is 5.92 Å². The number of hydrogen-bond donors (Lipinski definition) is 1. The highest BCUT2D eigenvalue weighted by Crippen LogP contribution is 2.42. The van der Waals surface area contributed by atoms with Crippen LogP contribution in [0.25, 0.3) is 0 Å². The fourth-order valence-electron chi connectivity index (χ4n) is 3.75. The third kappa shape index (κ3) is 1.92. The number of hydrogen-bond acceptors (Lipinski definition) is 2. The number of carbonyl (C=O) groups excluding carboxylic acids is 1. The number of carboxylic acids is 1. The van der Waals surface area contributed by atoms with Crippen molar-refractivity contribution in [2.45, 2.75) is 51.2 Å². The Kier molecular flexibility index (Phi) is 3.28. The van der Waals surface area contributed by atoms with Gasteiger partial charge in [-0.05, 0) is 37.8 Å². The maximum absolute atomic E-state index is 12.7. The lowest BCUT2D eigenvalue weighted by molar-refractivity contribution is -0.142. The molecule has 0 aliphatic carbocycles. The zero-order valence-corrected chi connectivity index (χ0v) is 11.7. The topological polar surface area (TPSA) is 62.5 Å². The molecular formula is C15H20N2O3. The zero-order chi connectivity index (χ0) is 14.3. The monoisotopic (exact) mass is 276 g/mol. The lowest BCUT2D eigenvalue weighted by Gasteiger charge is -2.23. The van der Waals surface area contributed by atoms with Gasteiger partial charge in [0.25, 0.3) is 5.91 Å². The normalized spacial score (nSPS) is 28.1. The molecule has 0 spiro atoms. The van der Waals surface area contributed by atoms with Gasteiger partial charge in [-0.3, -0.25) is 9.59 Å². The first-order valence-corrected chi connectivity index (χ1v) is 7.34. The van der Waals surface area contributed by atoms with Crippen molar-refractivity contribution in [1.29, 1.82) is 0 Å². The zero-order valence-electron chi connectivity index (χ0n) is 11.7. The summed E-state index contributed by atoms with van der Waals surface area (Å²) in [5, 5.41) is 9.26. The molecule has 3 unspecified atom stereocenters. The van der Waals surface area contributed by atoms with Crippen LogP contribution in [-0.2, 0) is 11.3 Å². The molecule has 0 radical (unpaired) electrons. The summed E-state index contributed by atoms with van der Waals surface area (Å²) in [4.78, 5) is 25.9. The third-order valence-corrected chi connectivity index (χ3v) is 4.60. The number of fused-ring (bicyclic) bond motifs is 2. The number of aromatic nitrogens is 1. The van der Waals surface area contributed by atoms with Crippen molar-refractivity contribution in [3.63, 3.8) is 0 Å². The van der Waals surface area contributed by atoms with Gasteiger partial charge in [-0.25, -0.2) is 0 Å². The molecule has 3 heterocycles. The molecule has 2 bridgehead atoms. The summed E-state index contributed by atoms with van der Waals surface area (Å²) >= 11 is 0. The summed E-state index contributed by atoms with van der Waals surface area (Å²) in [6.45, 7) is 2.90. The van der Waals surface area contributed by atoms with E-state index < -0.39 is 5.97 Å². The summed E-state index contributed by atoms with van der Waals surface area (Å²) in [7, 11) is 0. The molecule has 20 heavy (non-hydrogen) atoms. The van der Waals surface area contributed by atoms with Crippen LogP contribution in [0, 0.1) is 5.92 Å². The van der Waals surface area contributed by atoms with Gasteiger partial charge in [-0.1, -0.05) is 6.92 Å². The largest absolute Gasteiger partial charge is 0.481 e. The van der Waals surface area contributed by atoms with Crippen LogP contribution in [0.2, 0.25) is 0 Å². The minimum atomic E-state index is -0.765. The highest BCUT2D eigenvalue weighted by Gasteiger charge is 2.51. The number of rotatable bonds is 4. The van der Waals surface area contributed by atoms with Crippen LogP contribution in [0.15, 0.2) is 18.3 Å². The fourth-order valence-corrected chi connectivity index (χ4v) is 3.75. The molecule has 2 aliphatic heterocycles. The van der Waals surface area contributed by atoms with Gasteiger partial charge in [0, 0.05) is 24.8 Å². The molecule has 5 heteroatoms. The molecule has 3 atom stereocenters. The third-order valence-electron chi connectivity index (χ3n) is 4.60. The van der Waals surface area contributed by atoms with Crippen molar-refractivity contribution in [2.75, 3.05) is 0 Å². The van der Waals surface area contributed by atoms with Crippen LogP contribution in [0.3, 0.4) is 0 Å². The van der Waals surface area contributed by atoms with Crippen LogP contribution in [0.5, 0.6) is 0 Å². The van der Waals surface area contributed by atoms with Crippen LogP contribution >= 0.6 is 0 Å². The van der Waals surface area contributed by atoms with E-state index in [0.717, 1.165) is 25.8 Å². The maximum atomic E-state index is 12.7. The van der Waals surface area contributed by atoms with Crippen molar-refractivity contribution < 1.29 is 14.7 Å². The van der Waals surface area contributed by atoms with Crippen LogP contribution < -0.4 is 0 Å². The predicted molar refractivity (Wildman–Crippen MR) is 73.4 cm³/mol. The number of carbonyl (C=O) groups is 2. The Hall–Kier alpha value is -1.78. The Balaban J connectivity index is 1.84. The first-order chi connectivity index (χ1) is 9.63. The van der Waals surface area contributed by atoms with E-state index in [4.69, 9.17) is 0 Å². The van der Waals surface area contributed by atoms with Crippen molar-refractivity contribution in [3.8, 4) is 0 Å². The second-order valence-corrected chi connectivity index (χ2v) is 5.78. The first kappa shape index (κ1) is 13.2. The molecule has 2 fully saturated rings. The average Bonchev–Trinajstić information content (AvgIpc) is 3.11. The van der Waals surface area contributed by atoms with Gasteiger partial charge in [-0.2, -0.15) is 0 Å². The molecule has 108 valence electrons. The molecule has 2 aliphatic rings. The Bertz CT molecular complexity index is 537. The highest BCUT2D eigenvalue weighted by molar-refractivity contribution is 5.94. The predicted octanol–water partition coefficient (Wildman–Crippen LogP) is 1.98. The van der Waals surface area contributed by atoms with E-state index in [1.165, 1.54) is 0 Å². The maximum Gasteiger partial charge on any atom is 0.308 e. The average molecular weight is 276 g/mol. The Morgan fingerprint density at radius 1 is 1.40 bits per heavy atom. The van der Waals surface area contributed by atoms with Crippen LogP contribution in [0.1, 0.15) is 43.1 Å². The summed E-state index contributed by atoms with van der Waals surface area (Å²) < 4.78 is 1.97. The number of carboxylic acid groups (broad SMARTS) is 1. The molecule has 1 amide bonds. The molecule has 0 aromatic carbocycles. The molecule has 1 aromatic heterocycles. The van der Waals surface area contributed by atoms with E-state index in [0.29, 0.717) is 12.1 Å². The van der Waals surface area contributed by atoms with Crippen molar-refractivity contribution >= 4 is 11.9 Å². The first-order valence-electron chi connectivity index (χ1n) is 7.34. The summed E-state index contributed by atoms with van der Waals surface area (Å²) in [5.74, 6) is -1.15. The fraction of sp³-hybridized carbons (Fsp3) is 0.600. The van der Waals surface area contributed by atoms with Gasteiger partial charge in [0.1, 0.15) is 5.69 Å². The van der Waals surface area contributed by atoms with E-state index >= 15 is 0 Å². The summed E-state index contributed by atoms with van der Waals surface area (Å²) in [6.07, 6.45) is 5.26. The lowest BCUT2D eigenvalue weighted by Crippen LogP contribution is -2.38. The quantitative estimate of drug-likeness (QED) is 0.914. The molecule has 5 nitrogen and oxygen atoms in total. The molecule has 2 saturated heterocycles. The Morgan fingerprint density at radius 3 is 2.85 bits per heavy atom. The number of aryl methyl sites for hydroxylation is 1. The second-order valence-electron chi connectivity index (χ2n) is 5.78. The standard InChI is InChI=1S/C15H20N2O3/c1-2-7-16-8-3-4-13(16)14(18)17-10-5-6-12(17)11(9-10)15(19)20/h3-4,8,10-12H,2,5-7,9H2,1H3,(H,19,20). The molecule has 0 saturated carbocycles. The SMILES string of the molecule is CCCn1cccc1C(=O)N1C2CCC1C(C(=O)O)C2. The summed E-state index contributed by atoms with van der Waals surface area (Å²) in [5.41, 5.74) is 0.690. The second kappa shape index (κ2) is 4.96. The van der Waals surface area contributed by atoms with Gasteiger partial charge in [-0.15, -0.1) is 0 Å². The van der Waals surface area contributed by atoms with E-state index in [9.17, 15) is 14.7 Å². The van der Waals surface area contributed by atoms with Gasteiger partial charge in [0.2, 0.25) is 0 Å². The number of nitrogens with zero attached hydrogens (tertiary/aromatic N) is 2. The molecular weight excluding hydrogens is 256 g/mol. The van der Waals surface area contributed by atoms with Gasteiger partial charge in [0.15, 0.2) is 0 Å². The van der Waals surface area contributed by atoms with Crippen LogP contribution in [0.4, 0.5) is 0 Å². The smallest absolute Gasteiger partial charge is 0.308 e. The number of aliphatic carboxylic acids is 1. The molecule has 3 rings (SSSR count). The van der Waals surface area contributed by atoms with Gasteiger partial charge >= 0.3 is 5.97 Å². The van der Waals surface area contributed by atoms with Crippen LogP contribution in [-0.4, -0.2) is 38.5 Å². The Labute approximate surface area is 118 Å². The molecule has 1 aromatic rings. The minimum absolute atomic E-state index is 0.000278. The molecule has 1 N–H and O–H groups in total. The van der Waals surface area contributed by atoms with Gasteiger partial charge < -0.3 is 14.6 Å². The van der Waals surface area contributed by atoms with E-state index in [-0.39, 0.29) is 23.9 Å².